The molecule has 0 saturated heterocycles. The molecule has 0 fully saturated rings. The summed E-state index contributed by atoms with van der Waals surface area (Å²) in [5.41, 5.74) is 1.19. The number of rotatable bonds is 5. The first-order valence-corrected chi connectivity index (χ1v) is 4.74. The second kappa shape index (κ2) is 5.62. The lowest BCUT2D eigenvalue weighted by atomic mass is 10.2. The van der Waals surface area contributed by atoms with Crippen LogP contribution in [0.15, 0.2) is 24.3 Å². The number of ether oxygens (including phenoxy) is 1. The van der Waals surface area contributed by atoms with Gasteiger partial charge in [0.05, 0.1) is 13.2 Å². The van der Waals surface area contributed by atoms with Gasteiger partial charge in [0.2, 0.25) is 0 Å². The molecule has 0 heterocycles. The molecule has 2 N–H and O–H groups in total. The highest BCUT2D eigenvalue weighted by atomic mass is 16.5. The number of hydrogen-bond acceptors (Lipinski definition) is 3. The van der Waals surface area contributed by atoms with Gasteiger partial charge in [-0.1, -0.05) is 12.1 Å². The molecular formula is C11H17NO2. The van der Waals surface area contributed by atoms with Crippen molar-refractivity contribution in [2.45, 2.75) is 19.6 Å². The lowest BCUT2D eigenvalue weighted by molar-refractivity contribution is 0.191. The molecule has 0 bridgehead atoms. The Morgan fingerprint density at radius 2 is 2.00 bits per heavy atom. The van der Waals surface area contributed by atoms with Crippen molar-refractivity contribution in [1.29, 1.82) is 0 Å². The molecule has 1 atom stereocenters. The highest BCUT2D eigenvalue weighted by Gasteiger charge is 1.96. The van der Waals surface area contributed by atoms with Crippen molar-refractivity contribution in [3.8, 4) is 5.75 Å². The van der Waals surface area contributed by atoms with Crippen LogP contribution in [-0.4, -0.2) is 24.9 Å². The van der Waals surface area contributed by atoms with E-state index in [2.05, 4.69) is 5.32 Å². The van der Waals surface area contributed by atoms with E-state index in [4.69, 9.17) is 9.84 Å². The van der Waals surface area contributed by atoms with Crippen LogP contribution < -0.4 is 10.1 Å². The van der Waals surface area contributed by atoms with Gasteiger partial charge in [-0.25, -0.2) is 0 Å². The monoisotopic (exact) mass is 195 g/mol. The predicted molar refractivity (Wildman–Crippen MR) is 56.4 cm³/mol. The van der Waals surface area contributed by atoms with Crippen LogP contribution in [0.3, 0.4) is 0 Å². The highest BCUT2D eigenvalue weighted by Crippen LogP contribution is 2.10. The van der Waals surface area contributed by atoms with Crippen LogP contribution >= 0.6 is 0 Å². The van der Waals surface area contributed by atoms with Gasteiger partial charge in [0.1, 0.15) is 5.75 Å². The molecular weight excluding hydrogens is 178 g/mol. The van der Waals surface area contributed by atoms with E-state index in [1.165, 1.54) is 5.56 Å². The van der Waals surface area contributed by atoms with Crippen LogP contribution in [0, 0.1) is 0 Å². The molecule has 0 aromatic heterocycles. The zero-order valence-corrected chi connectivity index (χ0v) is 8.66. The van der Waals surface area contributed by atoms with Gasteiger partial charge in [0, 0.05) is 13.1 Å². The SMILES string of the molecule is COc1ccc(CNCC(C)O)cc1. The normalized spacial score (nSPS) is 12.5. The van der Waals surface area contributed by atoms with E-state index >= 15 is 0 Å². The van der Waals surface area contributed by atoms with Crippen LogP contribution in [0.1, 0.15) is 12.5 Å². The Bertz CT molecular complexity index is 256. The Morgan fingerprint density at radius 3 is 2.50 bits per heavy atom. The number of nitrogens with one attached hydrogen (secondary N) is 1. The maximum atomic E-state index is 9.03. The topological polar surface area (TPSA) is 41.5 Å². The minimum atomic E-state index is -0.298. The van der Waals surface area contributed by atoms with E-state index in [-0.39, 0.29) is 6.10 Å². The van der Waals surface area contributed by atoms with E-state index in [0.717, 1.165) is 12.3 Å². The third-order valence-corrected chi connectivity index (χ3v) is 1.93. The highest BCUT2D eigenvalue weighted by molar-refractivity contribution is 5.26. The van der Waals surface area contributed by atoms with E-state index in [1.54, 1.807) is 14.0 Å². The number of hydrogen-bond donors (Lipinski definition) is 2. The van der Waals surface area contributed by atoms with Crippen molar-refractivity contribution in [3.05, 3.63) is 29.8 Å². The molecule has 3 heteroatoms. The summed E-state index contributed by atoms with van der Waals surface area (Å²) < 4.78 is 5.05. The molecule has 14 heavy (non-hydrogen) atoms. The number of benzene rings is 1. The van der Waals surface area contributed by atoms with Gasteiger partial charge in [0.25, 0.3) is 0 Å². The summed E-state index contributed by atoms with van der Waals surface area (Å²) in [4.78, 5) is 0. The predicted octanol–water partition coefficient (Wildman–Crippen LogP) is 1.17. The molecule has 0 amide bonds. The Labute approximate surface area is 84.7 Å². The maximum Gasteiger partial charge on any atom is 0.118 e. The van der Waals surface area contributed by atoms with Crippen molar-refractivity contribution in [1.82, 2.24) is 5.32 Å². The van der Waals surface area contributed by atoms with E-state index < -0.39 is 0 Å². The van der Waals surface area contributed by atoms with Gasteiger partial charge in [-0.3, -0.25) is 0 Å². The zero-order chi connectivity index (χ0) is 10.4. The standard InChI is InChI=1S/C11H17NO2/c1-9(13)7-12-8-10-3-5-11(14-2)6-4-10/h3-6,9,12-13H,7-8H2,1-2H3. The van der Waals surface area contributed by atoms with Gasteiger partial charge >= 0.3 is 0 Å². The molecule has 1 rings (SSSR count). The van der Waals surface area contributed by atoms with Gasteiger partial charge in [-0.05, 0) is 24.6 Å². The fourth-order valence-corrected chi connectivity index (χ4v) is 1.17. The fraction of sp³-hybridized carbons (Fsp3) is 0.455. The Kier molecular flexibility index (Phi) is 4.43. The maximum absolute atomic E-state index is 9.03. The summed E-state index contributed by atoms with van der Waals surface area (Å²) in [6.07, 6.45) is -0.298. The summed E-state index contributed by atoms with van der Waals surface area (Å²) in [5, 5.41) is 12.2. The Balaban J connectivity index is 2.36. The largest absolute Gasteiger partial charge is 0.497 e. The molecule has 0 aliphatic heterocycles. The van der Waals surface area contributed by atoms with Gasteiger partial charge < -0.3 is 15.2 Å². The van der Waals surface area contributed by atoms with Crippen LogP contribution in [0.4, 0.5) is 0 Å². The van der Waals surface area contributed by atoms with Crippen molar-refractivity contribution in [2.24, 2.45) is 0 Å². The quantitative estimate of drug-likeness (QED) is 0.741. The average molecular weight is 195 g/mol. The molecule has 0 spiro atoms. The minimum absolute atomic E-state index is 0.298. The van der Waals surface area contributed by atoms with E-state index in [9.17, 15) is 0 Å². The molecule has 78 valence electrons. The van der Waals surface area contributed by atoms with Crippen LogP contribution in [0.5, 0.6) is 5.75 Å². The van der Waals surface area contributed by atoms with Crippen molar-refractivity contribution >= 4 is 0 Å². The second-order valence-electron chi connectivity index (χ2n) is 3.33. The summed E-state index contributed by atoms with van der Waals surface area (Å²) in [5.74, 6) is 0.865. The number of aliphatic hydroxyl groups excluding tert-OH is 1. The third kappa shape index (κ3) is 3.77. The zero-order valence-electron chi connectivity index (χ0n) is 8.66. The van der Waals surface area contributed by atoms with E-state index in [1.807, 2.05) is 24.3 Å². The Hall–Kier alpha value is -1.06. The molecule has 0 saturated carbocycles. The van der Waals surface area contributed by atoms with Crippen molar-refractivity contribution < 1.29 is 9.84 Å². The first-order chi connectivity index (χ1) is 6.72. The molecule has 1 aromatic rings. The molecule has 1 unspecified atom stereocenters. The number of aliphatic hydroxyl groups is 1. The first kappa shape index (κ1) is 11.0. The van der Waals surface area contributed by atoms with Crippen LogP contribution in [0.2, 0.25) is 0 Å². The summed E-state index contributed by atoms with van der Waals surface area (Å²) >= 11 is 0. The molecule has 0 radical (unpaired) electrons. The fourth-order valence-electron chi connectivity index (χ4n) is 1.17. The molecule has 0 aliphatic carbocycles. The lowest BCUT2D eigenvalue weighted by Crippen LogP contribution is -2.23. The molecule has 0 aliphatic rings. The number of methoxy groups -OCH3 is 1. The summed E-state index contributed by atoms with van der Waals surface area (Å²) in [6, 6.07) is 7.88. The third-order valence-electron chi connectivity index (χ3n) is 1.93. The van der Waals surface area contributed by atoms with Crippen LogP contribution in [-0.2, 0) is 6.54 Å². The van der Waals surface area contributed by atoms with Crippen molar-refractivity contribution in [3.63, 3.8) is 0 Å². The summed E-state index contributed by atoms with van der Waals surface area (Å²) in [7, 11) is 1.65. The van der Waals surface area contributed by atoms with Gasteiger partial charge in [-0.2, -0.15) is 0 Å². The average Bonchev–Trinajstić information content (AvgIpc) is 2.18. The lowest BCUT2D eigenvalue weighted by Gasteiger charge is -2.07. The van der Waals surface area contributed by atoms with Crippen LogP contribution in [0.25, 0.3) is 0 Å². The molecule has 3 nitrogen and oxygen atoms in total. The smallest absolute Gasteiger partial charge is 0.118 e. The van der Waals surface area contributed by atoms with Gasteiger partial charge in [0.15, 0.2) is 0 Å². The summed E-state index contributed by atoms with van der Waals surface area (Å²) in [6.45, 7) is 3.15. The Morgan fingerprint density at radius 1 is 1.36 bits per heavy atom. The second-order valence-corrected chi connectivity index (χ2v) is 3.33. The minimum Gasteiger partial charge on any atom is -0.497 e. The molecule has 1 aromatic carbocycles. The van der Waals surface area contributed by atoms with Crippen molar-refractivity contribution in [2.75, 3.05) is 13.7 Å². The van der Waals surface area contributed by atoms with Gasteiger partial charge in [-0.15, -0.1) is 0 Å². The first-order valence-electron chi connectivity index (χ1n) is 4.74. The van der Waals surface area contributed by atoms with E-state index in [0.29, 0.717) is 6.54 Å².